The van der Waals surface area contributed by atoms with E-state index in [0.717, 1.165) is 31.2 Å². The fourth-order valence-corrected chi connectivity index (χ4v) is 5.00. The Hall–Kier alpha value is -2.49. The van der Waals surface area contributed by atoms with Crippen molar-refractivity contribution < 1.29 is 4.79 Å². The molecular formula is C25H12Br2O. The van der Waals surface area contributed by atoms with E-state index in [1.165, 1.54) is 33.4 Å². The number of carbonyl (C=O) groups excluding carboxylic acids is 1. The second-order valence-corrected chi connectivity index (χ2v) is 9.06. The molecule has 0 N–H and O–H groups in total. The molecule has 1 nitrogen and oxygen atoms in total. The molecule has 3 heteroatoms. The quantitative estimate of drug-likeness (QED) is 0.228. The number of benzene rings is 4. The van der Waals surface area contributed by atoms with E-state index in [-0.39, 0.29) is 5.78 Å². The first-order valence-corrected chi connectivity index (χ1v) is 10.6. The zero-order valence-corrected chi connectivity index (χ0v) is 17.8. The van der Waals surface area contributed by atoms with Gasteiger partial charge in [-0.25, -0.2) is 0 Å². The van der Waals surface area contributed by atoms with Crippen molar-refractivity contribution >= 4 is 37.6 Å². The van der Waals surface area contributed by atoms with Crippen LogP contribution in [0.2, 0.25) is 0 Å². The Morgan fingerprint density at radius 1 is 0.464 bits per heavy atom. The molecular weight excluding hydrogens is 476 g/mol. The van der Waals surface area contributed by atoms with Crippen molar-refractivity contribution in [2.45, 2.75) is 0 Å². The van der Waals surface area contributed by atoms with Gasteiger partial charge < -0.3 is 0 Å². The zero-order valence-electron chi connectivity index (χ0n) is 14.6. The summed E-state index contributed by atoms with van der Waals surface area (Å²) >= 11 is 7.07. The highest BCUT2D eigenvalue weighted by atomic mass is 79.9. The largest absolute Gasteiger partial charge is 0.289 e. The van der Waals surface area contributed by atoms with Gasteiger partial charge in [0.25, 0.3) is 0 Å². The zero-order chi connectivity index (χ0) is 19.0. The van der Waals surface area contributed by atoms with Crippen molar-refractivity contribution in [3.8, 4) is 44.5 Å². The van der Waals surface area contributed by atoms with Crippen LogP contribution < -0.4 is 0 Å². The molecule has 4 aromatic carbocycles. The van der Waals surface area contributed by atoms with E-state index in [9.17, 15) is 4.79 Å². The molecule has 0 spiro atoms. The number of rotatable bonds is 2. The predicted octanol–water partition coefficient (Wildman–Crippen LogP) is 7.74. The van der Waals surface area contributed by atoms with Gasteiger partial charge in [-0.15, -0.1) is 0 Å². The molecule has 0 saturated heterocycles. The van der Waals surface area contributed by atoms with Crippen LogP contribution in [0.4, 0.5) is 0 Å². The summed E-state index contributed by atoms with van der Waals surface area (Å²) in [5, 5.41) is 0. The third-order valence-electron chi connectivity index (χ3n) is 5.69. The molecule has 0 aromatic heterocycles. The lowest BCUT2D eigenvalue weighted by Crippen LogP contribution is -2.07. The van der Waals surface area contributed by atoms with Gasteiger partial charge in [0.2, 0.25) is 0 Å². The molecule has 0 saturated carbocycles. The van der Waals surface area contributed by atoms with E-state index in [1.54, 1.807) is 0 Å². The van der Waals surface area contributed by atoms with Crippen LogP contribution in [-0.4, -0.2) is 5.78 Å². The molecule has 0 heterocycles. The van der Waals surface area contributed by atoms with E-state index in [1.807, 2.05) is 24.3 Å². The van der Waals surface area contributed by atoms with Gasteiger partial charge in [0.1, 0.15) is 0 Å². The number of fused-ring (bicyclic) bond motifs is 8. The van der Waals surface area contributed by atoms with Crippen molar-refractivity contribution in [1.29, 1.82) is 0 Å². The summed E-state index contributed by atoms with van der Waals surface area (Å²) in [6, 6.07) is 24.6. The van der Waals surface area contributed by atoms with Gasteiger partial charge >= 0.3 is 0 Å². The Labute approximate surface area is 179 Å². The Morgan fingerprint density at radius 2 is 0.821 bits per heavy atom. The van der Waals surface area contributed by atoms with E-state index in [2.05, 4.69) is 80.4 Å². The van der Waals surface area contributed by atoms with Crippen LogP contribution in [-0.2, 0) is 0 Å². The maximum absolute atomic E-state index is 13.2. The fourth-order valence-electron chi connectivity index (χ4n) is 4.28. The highest BCUT2D eigenvalue weighted by molar-refractivity contribution is 9.10. The molecule has 132 valence electrons. The molecule has 0 bridgehead atoms. The van der Waals surface area contributed by atoms with Gasteiger partial charge in [-0.2, -0.15) is 0 Å². The van der Waals surface area contributed by atoms with Crippen molar-refractivity contribution in [1.82, 2.24) is 0 Å². The molecule has 6 rings (SSSR count). The number of hydrogen-bond donors (Lipinski definition) is 0. The monoisotopic (exact) mass is 486 g/mol. The first kappa shape index (κ1) is 16.5. The van der Waals surface area contributed by atoms with Gasteiger partial charge in [0, 0.05) is 20.1 Å². The van der Waals surface area contributed by atoms with Crippen molar-refractivity contribution in [2.75, 3.05) is 0 Å². The van der Waals surface area contributed by atoms with Crippen LogP contribution in [0, 0.1) is 0 Å². The molecule has 0 unspecified atom stereocenters. The molecule has 28 heavy (non-hydrogen) atoms. The number of halogens is 2. The van der Waals surface area contributed by atoms with Crippen molar-refractivity contribution in [3.63, 3.8) is 0 Å². The molecule has 2 aliphatic rings. The molecule has 0 aliphatic heterocycles. The average Bonchev–Trinajstić information content (AvgIpc) is 2.70. The standard InChI is InChI=1S/C25H12Br2O/c26-15-3-7-19-17-5-1-13(9-21(17)23(19)11-15)25(28)14-2-6-18-20-8-4-16(27)12-24(20)22(18)10-14/h1-12H. The fraction of sp³-hybridized carbons (Fsp3) is 0. The topological polar surface area (TPSA) is 17.1 Å². The Bertz CT molecular complexity index is 1250. The van der Waals surface area contributed by atoms with Crippen LogP contribution in [0.5, 0.6) is 0 Å². The number of hydrogen-bond acceptors (Lipinski definition) is 1. The van der Waals surface area contributed by atoms with Crippen molar-refractivity contribution in [3.05, 3.63) is 92.9 Å². The minimum Gasteiger partial charge on any atom is -0.289 e. The molecule has 0 radical (unpaired) electrons. The van der Waals surface area contributed by atoms with Crippen molar-refractivity contribution in [2.24, 2.45) is 0 Å². The van der Waals surface area contributed by atoms with Gasteiger partial charge in [0.15, 0.2) is 5.78 Å². The highest BCUT2D eigenvalue weighted by Gasteiger charge is 2.26. The van der Waals surface area contributed by atoms with E-state index < -0.39 is 0 Å². The summed E-state index contributed by atoms with van der Waals surface area (Å²) in [5.74, 6) is 0.0671. The number of ketones is 1. The maximum Gasteiger partial charge on any atom is 0.193 e. The first-order valence-electron chi connectivity index (χ1n) is 9.03. The van der Waals surface area contributed by atoms with Crippen LogP contribution >= 0.6 is 31.9 Å². The van der Waals surface area contributed by atoms with Gasteiger partial charge in [-0.1, -0.05) is 68.3 Å². The molecule has 0 atom stereocenters. The third-order valence-corrected chi connectivity index (χ3v) is 6.67. The summed E-state index contributed by atoms with van der Waals surface area (Å²) in [4.78, 5) is 13.2. The van der Waals surface area contributed by atoms with Gasteiger partial charge in [0.05, 0.1) is 0 Å². The SMILES string of the molecule is O=C(c1ccc2c(c1)-c1cc(Br)ccc1-2)c1ccc2c(c1)-c1cc(Br)ccc1-2. The third kappa shape index (κ3) is 2.20. The average molecular weight is 488 g/mol. The van der Waals surface area contributed by atoms with Gasteiger partial charge in [-0.05, 0) is 80.9 Å². The summed E-state index contributed by atoms with van der Waals surface area (Å²) in [7, 11) is 0. The lowest BCUT2D eigenvalue weighted by molar-refractivity contribution is 0.103. The molecule has 0 amide bonds. The van der Waals surface area contributed by atoms with E-state index in [4.69, 9.17) is 0 Å². The second kappa shape index (κ2) is 5.76. The van der Waals surface area contributed by atoms with E-state index >= 15 is 0 Å². The second-order valence-electron chi connectivity index (χ2n) is 7.23. The lowest BCUT2D eigenvalue weighted by Gasteiger charge is -2.25. The number of carbonyl (C=O) groups is 1. The lowest BCUT2D eigenvalue weighted by atomic mass is 9.78. The van der Waals surface area contributed by atoms with E-state index in [0.29, 0.717) is 0 Å². The molecule has 2 aliphatic carbocycles. The van der Waals surface area contributed by atoms with Crippen LogP contribution in [0.1, 0.15) is 15.9 Å². The smallest absolute Gasteiger partial charge is 0.193 e. The summed E-state index contributed by atoms with van der Waals surface area (Å²) in [5.41, 5.74) is 11.1. The van der Waals surface area contributed by atoms with Crippen LogP contribution in [0.15, 0.2) is 81.7 Å². The Morgan fingerprint density at radius 3 is 1.25 bits per heavy atom. The molecule has 0 fully saturated rings. The predicted molar refractivity (Wildman–Crippen MR) is 121 cm³/mol. The minimum absolute atomic E-state index is 0.0671. The maximum atomic E-state index is 13.2. The first-order chi connectivity index (χ1) is 13.6. The Balaban J connectivity index is 1.38. The van der Waals surface area contributed by atoms with Gasteiger partial charge in [-0.3, -0.25) is 4.79 Å². The minimum atomic E-state index is 0.0671. The normalized spacial score (nSPS) is 12.1. The molecule has 4 aromatic rings. The van der Waals surface area contributed by atoms with Crippen LogP contribution in [0.3, 0.4) is 0 Å². The Kier molecular flexibility index (Phi) is 3.38. The summed E-state index contributed by atoms with van der Waals surface area (Å²) in [6.45, 7) is 0. The van der Waals surface area contributed by atoms with Crippen LogP contribution in [0.25, 0.3) is 44.5 Å². The summed E-state index contributed by atoms with van der Waals surface area (Å²) in [6.07, 6.45) is 0. The highest BCUT2D eigenvalue weighted by Crippen LogP contribution is 2.50. The summed E-state index contributed by atoms with van der Waals surface area (Å²) < 4.78 is 2.11.